The molecule has 2 nitrogen and oxygen atoms in total. The van der Waals surface area contributed by atoms with Crippen LogP contribution < -0.4 is 0 Å². The lowest BCUT2D eigenvalue weighted by Crippen LogP contribution is -2.44. The zero-order valence-electron chi connectivity index (χ0n) is 8.68. The summed E-state index contributed by atoms with van der Waals surface area (Å²) in [6.45, 7) is 4.12. The molecule has 0 aromatic heterocycles. The van der Waals surface area contributed by atoms with E-state index in [1.165, 1.54) is 12.8 Å². The van der Waals surface area contributed by atoms with Crippen molar-refractivity contribution in [1.29, 1.82) is 0 Å². The first-order valence-corrected chi connectivity index (χ1v) is 5.49. The highest BCUT2D eigenvalue weighted by Gasteiger charge is 2.62. The molecule has 13 heavy (non-hydrogen) atoms. The van der Waals surface area contributed by atoms with Crippen LogP contribution in [0.15, 0.2) is 0 Å². The van der Waals surface area contributed by atoms with Gasteiger partial charge in [-0.25, -0.2) is 0 Å². The average Bonchev–Trinajstić information content (AvgIpc) is 2.74. The van der Waals surface area contributed by atoms with Gasteiger partial charge in [-0.15, -0.1) is 0 Å². The fraction of sp³-hybridized carbons (Fsp3) is 1.00. The van der Waals surface area contributed by atoms with Crippen LogP contribution in [0.25, 0.3) is 0 Å². The summed E-state index contributed by atoms with van der Waals surface area (Å²) in [5, 5.41) is 10.5. The Morgan fingerprint density at radius 1 is 1.15 bits per heavy atom. The Kier molecular flexibility index (Phi) is 2.16. The van der Waals surface area contributed by atoms with Crippen LogP contribution in [-0.2, 0) is 4.74 Å². The van der Waals surface area contributed by atoms with Crippen molar-refractivity contribution in [3.63, 3.8) is 0 Å². The molecule has 2 atom stereocenters. The average molecular weight is 184 g/mol. The topological polar surface area (TPSA) is 32.8 Å². The van der Waals surface area contributed by atoms with E-state index in [0.717, 1.165) is 25.7 Å². The molecule has 1 N–H and O–H groups in total. The van der Waals surface area contributed by atoms with Crippen LogP contribution in [0.5, 0.6) is 0 Å². The molecule has 1 saturated carbocycles. The van der Waals surface area contributed by atoms with Gasteiger partial charge >= 0.3 is 0 Å². The van der Waals surface area contributed by atoms with E-state index < -0.39 is 5.60 Å². The molecule has 0 radical (unpaired) electrons. The summed E-state index contributed by atoms with van der Waals surface area (Å²) in [7, 11) is 0. The summed E-state index contributed by atoms with van der Waals surface area (Å²) in [6.07, 6.45) is 6.95. The van der Waals surface area contributed by atoms with Crippen LogP contribution in [-0.4, -0.2) is 22.4 Å². The highest BCUT2D eigenvalue weighted by molar-refractivity contribution is 5.11. The van der Waals surface area contributed by atoms with E-state index in [4.69, 9.17) is 4.74 Å². The van der Waals surface area contributed by atoms with Gasteiger partial charge in [0.2, 0.25) is 0 Å². The summed E-state index contributed by atoms with van der Waals surface area (Å²) >= 11 is 0. The minimum absolute atomic E-state index is 0.239. The maximum absolute atomic E-state index is 10.5. The number of rotatable bonds is 1. The van der Waals surface area contributed by atoms with Gasteiger partial charge in [0, 0.05) is 0 Å². The molecule has 2 fully saturated rings. The standard InChI is InChI=1S/C11H20O2/c1-9-10(2,13-9)11(12)7-5-3-4-6-8-11/h9,12H,3-8H2,1-2H3/t9-,10+/m0/s1. The van der Waals surface area contributed by atoms with Crippen molar-refractivity contribution in [2.24, 2.45) is 0 Å². The Morgan fingerprint density at radius 2 is 1.62 bits per heavy atom. The number of ether oxygens (including phenoxy) is 1. The van der Waals surface area contributed by atoms with Gasteiger partial charge in [0.1, 0.15) is 5.60 Å². The number of aliphatic hydroxyl groups is 1. The van der Waals surface area contributed by atoms with Crippen LogP contribution in [0.4, 0.5) is 0 Å². The fourth-order valence-corrected chi connectivity index (χ4v) is 2.63. The number of epoxide rings is 1. The summed E-state index contributed by atoms with van der Waals surface area (Å²) in [5.41, 5.74) is -0.778. The van der Waals surface area contributed by atoms with Crippen molar-refractivity contribution in [2.75, 3.05) is 0 Å². The minimum atomic E-state index is -0.539. The van der Waals surface area contributed by atoms with Crippen molar-refractivity contribution in [3.05, 3.63) is 0 Å². The minimum Gasteiger partial charge on any atom is -0.387 e. The predicted molar refractivity (Wildman–Crippen MR) is 51.6 cm³/mol. The van der Waals surface area contributed by atoms with Crippen molar-refractivity contribution >= 4 is 0 Å². The molecule has 2 rings (SSSR count). The van der Waals surface area contributed by atoms with Crippen molar-refractivity contribution in [2.45, 2.75) is 69.7 Å². The lowest BCUT2D eigenvalue weighted by molar-refractivity contribution is -0.0428. The number of hydrogen-bond acceptors (Lipinski definition) is 2. The molecule has 2 heteroatoms. The summed E-state index contributed by atoms with van der Waals surface area (Å²) in [4.78, 5) is 0. The molecule has 0 spiro atoms. The third-order valence-electron chi connectivity index (χ3n) is 3.99. The van der Waals surface area contributed by atoms with Gasteiger partial charge < -0.3 is 9.84 Å². The van der Waals surface area contributed by atoms with E-state index in [1.807, 2.05) is 0 Å². The van der Waals surface area contributed by atoms with E-state index >= 15 is 0 Å². The van der Waals surface area contributed by atoms with Crippen LogP contribution in [0.3, 0.4) is 0 Å². The first kappa shape index (κ1) is 9.47. The molecule has 0 aromatic carbocycles. The molecule has 1 aliphatic carbocycles. The van der Waals surface area contributed by atoms with Crippen molar-refractivity contribution < 1.29 is 9.84 Å². The molecule has 0 bridgehead atoms. The highest BCUT2D eigenvalue weighted by Crippen LogP contribution is 2.50. The van der Waals surface area contributed by atoms with Gasteiger partial charge in [-0.05, 0) is 26.7 Å². The Morgan fingerprint density at radius 3 is 2.00 bits per heavy atom. The second kappa shape index (κ2) is 2.96. The van der Waals surface area contributed by atoms with E-state index in [2.05, 4.69) is 13.8 Å². The van der Waals surface area contributed by atoms with Gasteiger partial charge in [0.05, 0.1) is 11.7 Å². The normalized spacial score (nSPS) is 44.1. The molecule has 2 aliphatic rings. The van der Waals surface area contributed by atoms with Crippen molar-refractivity contribution in [1.82, 2.24) is 0 Å². The Balaban J connectivity index is 2.09. The summed E-state index contributed by atoms with van der Waals surface area (Å²) in [6, 6.07) is 0. The molecule has 0 unspecified atom stereocenters. The quantitative estimate of drug-likeness (QED) is 0.501. The largest absolute Gasteiger partial charge is 0.387 e. The fourth-order valence-electron chi connectivity index (χ4n) is 2.63. The third kappa shape index (κ3) is 1.40. The smallest absolute Gasteiger partial charge is 0.120 e. The zero-order valence-corrected chi connectivity index (χ0v) is 8.68. The maximum atomic E-state index is 10.5. The SMILES string of the molecule is C[C@@H]1O[C@@]1(C)C1(O)CCCCCC1. The predicted octanol–water partition coefficient (Wildman–Crippen LogP) is 2.25. The molecule has 1 saturated heterocycles. The monoisotopic (exact) mass is 184 g/mol. The highest BCUT2D eigenvalue weighted by atomic mass is 16.6. The molecule has 76 valence electrons. The van der Waals surface area contributed by atoms with Crippen LogP contribution in [0, 0.1) is 0 Å². The second-order valence-electron chi connectivity index (χ2n) is 4.81. The second-order valence-corrected chi connectivity index (χ2v) is 4.81. The molecular formula is C11H20O2. The summed E-state index contributed by atoms with van der Waals surface area (Å²) < 4.78 is 5.55. The molecule has 0 amide bonds. The van der Waals surface area contributed by atoms with E-state index in [1.54, 1.807) is 0 Å². The molecule has 1 heterocycles. The lowest BCUT2D eigenvalue weighted by Gasteiger charge is -2.31. The van der Waals surface area contributed by atoms with Gasteiger partial charge in [0.15, 0.2) is 0 Å². The van der Waals surface area contributed by atoms with Gasteiger partial charge in [-0.3, -0.25) is 0 Å². The van der Waals surface area contributed by atoms with Crippen LogP contribution >= 0.6 is 0 Å². The Hall–Kier alpha value is -0.0800. The first-order valence-electron chi connectivity index (χ1n) is 5.49. The van der Waals surface area contributed by atoms with E-state index in [0.29, 0.717) is 0 Å². The van der Waals surface area contributed by atoms with Crippen LogP contribution in [0.2, 0.25) is 0 Å². The maximum Gasteiger partial charge on any atom is 0.120 e. The van der Waals surface area contributed by atoms with Gasteiger partial charge in [-0.2, -0.15) is 0 Å². The molecule has 0 aromatic rings. The Bertz CT molecular complexity index is 194. The van der Waals surface area contributed by atoms with Gasteiger partial charge in [0.25, 0.3) is 0 Å². The lowest BCUT2D eigenvalue weighted by atomic mass is 9.80. The molecule has 1 aliphatic heterocycles. The van der Waals surface area contributed by atoms with Gasteiger partial charge in [-0.1, -0.05) is 25.7 Å². The summed E-state index contributed by atoms with van der Waals surface area (Å²) in [5.74, 6) is 0. The van der Waals surface area contributed by atoms with E-state index in [-0.39, 0.29) is 11.7 Å². The van der Waals surface area contributed by atoms with Crippen LogP contribution in [0.1, 0.15) is 52.4 Å². The third-order valence-corrected chi connectivity index (χ3v) is 3.99. The van der Waals surface area contributed by atoms with E-state index in [9.17, 15) is 5.11 Å². The van der Waals surface area contributed by atoms with Crippen molar-refractivity contribution in [3.8, 4) is 0 Å². The first-order chi connectivity index (χ1) is 6.08. The molecular weight excluding hydrogens is 164 g/mol. The number of hydrogen-bond donors (Lipinski definition) is 1. The zero-order chi connectivity index (χ0) is 9.53. The Labute approximate surface area is 80.3 Å².